The number of aryl methyl sites for hydroxylation is 3. The number of phenolic OH excluding ortho intramolecular Hbond substituents is 3. The van der Waals surface area contributed by atoms with Gasteiger partial charge in [-0.25, -0.2) is 0 Å². The topological polar surface area (TPSA) is 73.2 Å². The Labute approximate surface area is 187 Å². The van der Waals surface area contributed by atoms with E-state index in [4.69, 9.17) is 4.74 Å². The molecule has 32 heavy (non-hydrogen) atoms. The summed E-state index contributed by atoms with van der Waals surface area (Å²) in [6.45, 7) is 5.80. The number of para-hydroxylation sites is 2. The fraction of sp³-hybridized carbons (Fsp3) is 0.111. The number of rotatable bonds is 5. The lowest BCUT2D eigenvalue weighted by Crippen LogP contribution is -2.13. The highest BCUT2D eigenvalue weighted by molar-refractivity contribution is 5.84. The summed E-state index contributed by atoms with van der Waals surface area (Å²) in [4.78, 5) is 1.94. The smallest absolute Gasteiger partial charge is 0.169 e. The van der Waals surface area contributed by atoms with Crippen molar-refractivity contribution in [2.24, 2.45) is 0 Å². The van der Waals surface area contributed by atoms with E-state index >= 15 is 0 Å². The van der Waals surface area contributed by atoms with Gasteiger partial charge in [-0.15, -0.1) is 0 Å². The summed E-state index contributed by atoms with van der Waals surface area (Å²) in [5.41, 5.74) is 4.95. The molecule has 0 saturated carbocycles. The molecule has 0 aliphatic rings. The molecule has 0 spiro atoms. The summed E-state index contributed by atoms with van der Waals surface area (Å²) in [5.74, 6) is 1.15. The lowest BCUT2D eigenvalue weighted by Gasteiger charge is -2.30. The van der Waals surface area contributed by atoms with Gasteiger partial charge >= 0.3 is 0 Å². The molecular weight excluding hydrogens is 402 g/mol. The molecule has 0 atom stereocenters. The van der Waals surface area contributed by atoms with Gasteiger partial charge in [-0.05, 0) is 73.9 Å². The number of hydrogen-bond acceptors (Lipinski definition) is 5. The lowest BCUT2D eigenvalue weighted by atomic mass is 10.1. The van der Waals surface area contributed by atoms with Crippen LogP contribution in [0.25, 0.3) is 0 Å². The Morgan fingerprint density at radius 2 is 1.19 bits per heavy atom. The number of ether oxygens (including phenoxy) is 1. The maximum absolute atomic E-state index is 10.4. The van der Waals surface area contributed by atoms with Crippen molar-refractivity contribution in [2.45, 2.75) is 20.8 Å². The maximum Gasteiger partial charge on any atom is 0.169 e. The first-order valence-corrected chi connectivity index (χ1v) is 10.3. The highest BCUT2D eigenvalue weighted by atomic mass is 16.5. The number of hydrogen-bond donors (Lipinski definition) is 3. The number of phenols is 3. The molecule has 0 aliphatic heterocycles. The molecule has 4 rings (SSSR count). The van der Waals surface area contributed by atoms with Crippen LogP contribution in [0, 0.1) is 20.8 Å². The molecule has 0 amide bonds. The molecule has 0 fully saturated rings. The van der Waals surface area contributed by atoms with Crippen LogP contribution in [0.1, 0.15) is 16.7 Å². The quantitative estimate of drug-likeness (QED) is 0.320. The van der Waals surface area contributed by atoms with Crippen molar-refractivity contribution < 1.29 is 20.1 Å². The molecule has 0 heterocycles. The van der Waals surface area contributed by atoms with Crippen LogP contribution in [0.15, 0.2) is 78.9 Å². The molecule has 4 aromatic rings. The van der Waals surface area contributed by atoms with E-state index in [2.05, 4.69) is 0 Å². The molecule has 162 valence electrons. The van der Waals surface area contributed by atoms with Gasteiger partial charge in [0.25, 0.3) is 0 Å². The monoisotopic (exact) mass is 427 g/mol. The summed E-state index contributed by atoms with van der Waals surface area (Å²) in [7, 11) is 0. The largest absolute Gasteiger partial charge is 0.508 e. The van der Waals surface area contributed by atoms with Crippen molar-refractivity contribution in [1.82, 2.24) is 0 Å². The van der Waals surface area contributed by atoms with Gasteiger partial charge in [0.15, 0.2) is 17.2 Å². The fourth-order valence-electron chi connectivity index (χ4n) is 3.63. The lowest BCUT2D eigenvalue weighted by molar-refractivity contribution is 0.411. The average Bonchev–Trinajstić information content (AvgIpc) is 2.76. The minimum atomic E-state index is 0.0495. The minimum Gasteiger partial charge on any atom is -0.508 e. The second kappa shape index (κ2) is 8.55. The van der Waals surface area contributed by atoms with Crippen molar-refractivity contribution in [3.63, 3.8) is 0 Å². The summed E-state index contributed by atoms with van der Waals surface area (Å²) < 4.78 is 6.14. The minimum absolute atomic E-state index is 0.0495. The predicted molar refractivity (Wildman–Crippen MR) is 127 cm³/mol. The zero-order chi connectivity index (χ0) is 22.8. The molecule has 0 bridgehead atoms. The van der Waals surface area contributed by atoms with E-state index in [9.17, 15) is 15.3 Å². The van der Waals surface area contributed by atoms with Gasteiger partial charge in [0.2, 0.25) is 0 Å². The van der Waals surface area contributed by atoms with Crippen LogP contribution in [-0.4, -0.2) is 15.3 Å². The van der Waals surface area contributed by atoms with E-state index in [-0.39, 0.29) is 17.2 Å². The van der Waals surface area contributed by atoms with Crippen LogP contribution >= 0.6 is 0 Å². The van der Waals surface area contributed by atoms with Gasteiger partial charge in [0.05, 0.1) is 17.1 Å². The normalized spacial score (nSPS) is 10.7. The van der Waals surface area contributed by atoms with Gasteiger partial charge in [-0.2, -0.15) is 0 Å². The molecule has 0 aromatic heterocycles. The van der Waals surface area contributed by atoms with Crippen LogP contribution in [0.4, 0.5) is 17.1 Å². The first-order valence-electron chi connectivity index (χ1n) is 10.3. The highest BCUT2D eigenvalue weighted by Crippen LogP contribution is 2.46. The number of aromatic hydroxyl groups is 3. The second-order valence-corrected chi connectivity index (χ2v) is 7.82. The second-order valence-electron chi connectivity index (χ2n) is 7.82. The third-order valence-electron chi connectivity index (χ3n) is 5.31. The molecule has 3 N–H and O–H groups in total. The standard InChI is InChI=1S/C27H25NO4/c1-17-8-13-27(25(31)14-17)32-26-7-5-4-6-22(26)28(23-15-20(29)11-9-18(23)2)24-16-21(30)12-10-19(24)3/h4-16,29-31H,1-3H3. The average molecular weight is 428 g/mol. The van der Waals surface area contributed by atoms with E-state index in [0.29, 0.717) is 17.2 Å². The van der Waals surface area contributed by atoms with Gasteiger partial charge < -0.3 is 25.0 Å². The summed E-state index contributed by atoms with van der Waals surface area (Å²) >= 11 is 0. The first kappa shape index (κ1) is 21.1. The van der Waals surface area contributed by atoms with Gasteiger partial charge in [0, 0.05) is 12.1 Å². The number of nitrogens with zero attached hydrogens (tertiary/aromatic N) is 1. The van der Waals surface area contributed by atoms with E-state index < -0.39 is 0 Å². The molecule has 0 aliphatic carbocycles. The molecule has 0 saturated heterocycles. The zero-order valence-corrected chi connectivity index (χ0v) is 18.2. The van der Waals surface area contributed by atoms with Gasteiger partial charge in [0.1, 0.15) is 11.5 Å². The first-order chi connectivity index (χ1) is 15.3. The van der Waals surface area contributed by atoms with Gasteiger partial charge in [-0.1, -0.05) is 30.3 Å². The summed E-state index contributed by atoms with van der Waals surface area (Å²) in [6, 6.07) is 23.0. The Morgan fingerprint density at radius 3 is 1.78 bits per heavy atom. The summed E-state index contributed by atoms with van der Waals surface area (Å²) in [5, 5.41) is 30.8. The Bertz CT molecular complexity index is 1230. The Hall–Kier alpha value is -4.12. The molecular formula is C27H25NO4. The third-order valence-corrected chi connectivity index (χ3v) is 5.31. The Morgan fingerprint density at radius 1 is 0.594 bits per heavy atom. The molecule has 5 nitrogen and oxygen atoms in total. The predicted octanol–water partition coefficient (Wildman–Crippen LogP) is 6.99. The van der Waals surface area contributed by atoms with Crippen molar-refractivity contribution >= 4 is 17.1 Å². The summed E-state index contributed by atoms with van der Waals surface area (Å²) in [6.07, 6.45) is 0. The number of benzene rings is 4. The van der Waals surface area contributed by atoms with Crippen molar-refractivity contribution in [3.05, 3.63) is 95.6 Å². The van der Waals surface area contributed by atoms with Crippen molar-refractivity contribution in [2.75, 3.05) is 4.90 Å². The molecule has 0 radical (unpaired) electrons. The van der Waals surface area contributed by atoms with E-state index in [1.165, 1.54) is 0 Å². The van der Waals surface area contributed by atoms with Crippen LogP contribution in [0.3, 0.4) is 0 Å². The van der Waals surface area contributed by atoms with Crippen molar-refractivity contribution in [3.8, 4) is 28.7 Å². The van der Waals surface area contributed by atoms with Gasteiger partial charge in [-0.3, -0.25) is 0 Å². The Kier molecular flexibility index (Phi) is 5.65. The highest BCUT2D eigenvalue weighted by Gasteiger charge is 2.21. The fourth-order valence-corrected chi connectivity index (χ4v) is 3.63. The SMILES string of the molecule is Cc1ccc(Oc2ccccc2N(c2cc(O)ccc2C)c2cc(O)ccc2C)c(O)c1. The molecule has 4 aromatic carbocycles. The maximum atomic E-state index is 10.4. The van der Waals surface area contributed by atoms with Crippen LogP contribution in [-0.2, 0) is 0 Å². The zero-order valence-electron chi connectivity index (χ0n) is 18.2. The number of anilines is 3. The molecule has 0 unspecified atom stereocenters. The van der Waals surface area contributed by atoms with Crippen LogP contribution in [0.5, 0.6) is 28.7 Å². The van der Waals surface area contributed by atoms with E-state index in [1.807, 2.05) is 68.1 Å². The van der Waals surface area contributed by atoms with Crippen LogP contribution in [0.2, 0.25) is 0 Å². The molecule has 5 heteroatoms. The third kappa shape index (κ3) is 4.18. The van der Waals surface area contributed by atoms with E-state index in [1.54, 1.807) is 36.4 Å². The van der Waals surface area contributed by atoms with Crippen molar-refractivity contribution in [1.29, 1.82) is 0 Å². The van der Waals surface area contributed by atoms with Crippen LogP contribution < -0.4 is 9.64 Å². The van der Waals surface area contributed by atoms with E-state index in [0.717, 1.165) is 28.1 Å². The Balaban J connectivity index is 1.93.